The van der Waals surface area contributed by atoms with Crippen molar-refractivity contribution in [1.82, 2.24) is 26.2 Å². The number of aliphatic hydroxyl groups is 1. The van der Waals surface area contributed by atoms with Crippen LogP contribution in [0.25, 0.3) is 0 Å². The van der Waals surface area contributed by atoms with Crippen molar-refractivity contribution in [2.75, 3.05) is 11.9 Å². The predicted molar refractivity (Wildman–Crippen MR) is 180 cm³/mol. The van der Waals surface area contributed by atoms with Gasteiger partial charge in [-0.05, 0) is 41.5 Å². The Hall–Kier alpha value is -4.07. The number of carbonyl (C=O) groups is 4. The zero-order valence-corrected chi connectivity index (χ0v) is 27.7. The van der Waals surface area contributed by atoms with E-state index in [-0.39, 0.29) is 19.4 Å². The van der Waals surface area contributed by atoms with Gasteiger partial charge in [0.05, 0.1) is 12.1 Å². The van der Waals surface area contributed by atoms with Crippen molar-refractivity contribution in [2.24, 2.45) is 11.3 Å². The van der Waals surface area contributed by atoms with Crippen LogP contribution in [0.15, 0.2) is 67.3 Å². The Labute approximate surface area is 280 Å². The number of aliphatic hydroxyl groups excluding tert-OH is 1. The molecule has 13 heteroatoms. The van der Waals surface area contributed by atoms with E-state index in [1.807, 2.05) is 75.4 Å². The molecule has 47 heavy (non-hydrogen) atoms. The molecule has 2 fully saturated rings. The summed E-state index contributed by atoms with van der Waals surface area (Å²) < 4.78 is 0. The standard InChI is InChI=1S/C34H44N6O6S/c1-5-20-17-34(20,30(44)45)39-28(42)24-16-22(36-31(47)35-21-12-7-6-8-13-21)18-40(24)32(46)38-27(33(2,3)4)29(43)37-26-23-14-10-9-11-19(23)15-25(26)41/h5-14,20,22,24-27,31,35-36,41,47H,1,15-18H2,2-4H3,(H,37,43)(H,38,46)(H,39,42)(H,44,45)/t20?,22?,24-,25+,26?,27+,31?,34+/m0/s1. The van der Waals surface area contributed by atoms with Crippen molar-refractivity contribution in [3.8, 4) is 0 Å². The first kappa shape index (κ1) is 34.3. The molecular weight excluding hydrogens is 620 g/mol. The molecule has 7 N–H and O–H groups in total. The van der Waals surface area contributed by atoms with Gasteiger partial charge in [-0.1, -0.05) is 69.3 Å². The number of amides is 4. The molecule has 2 aliphatic carbocycles. The largest absolute Gasteiger partial charge is 0.479 e. The Balaban J connectivity index is 1.33. The van der Waals surface area contributed by atoms with Crippen molar-refractivity contribution < 1.29 is 29.4 Å². The molecule has 4 unspecified atom stereocenters. The number of fused-ring (bicyclic) bond motifs is 1. The van der Waals surface area contributed by atoms with Crippen molar-refractivity contribution in [3.63, 3.8) is 0 Å². The van der Waals surface area contributed by atoms with E-state index in [2.05, 4.69) is 45.8 Å². The summed E-state index contributed by atoms with van der Waals surface area (Å²) in [5.41, 5.74) is -0.145. The van der Waals surface area contributed by atoms with Crippen LogP contribution in [0.5, 0.6) is 0 Å². The second-order valence-corrected chi connectivity index (χ2v) is 14.2. The van der Waals surface area contributed by atoms with Crippen LogP contribution >= 0.6 is 12.6 Å². The Bertz CT molecular complexity index is 1520. The number of rotatable bonds is 11. The molecular formula is C34H44N6O6S. The minimum atomic E-state index is -1.47. The SMILES string of the molecule is C=CC1C[C@]1(NC(=O)[C@@H]1CC(NC(S)Nc2ccccc2)CN1C(=O)N[C@H](C(=O)NC1c2ccccc2C[C@H]1O)C(C)(C)C)C(=O)O. The molecule has 4 amide bonds. The number of hydrogen-bond acceptors (Lipinski definition) is 8. The van der Waals surface area contributed by atoms with Crippen LogP contribution in [-0.2, 0) is 20.8 Å². The van der Waals surface area contributed by atoms with Gasteiger partial charge in [0.15, 0.2) is 0 Å². The molecule has 0 aromatic heterocycles. The number of para-hydroxylation sites is 1. The number of nitrogens with one attached hydrogen (secondary N) is 5. The first-order valence-electron chi connectivity index (χ1n) is 15.8. The third-order valence-electron chi connectivity index (χ3n) is 9.26. The van der Waals surface area contributed by atoms with Crippen LogP contribution in [-0.4, -0.2) is 80.7 Å². The first-order valence-corrected chi connectivity index (χ1v) is 16.3. The summed E-state index contributed by atoms with van der Waals surface area (Å²) in [4.78, 5) is 54.9. The maximum absolute atomic E-state index is 14.0. The maximum Gasteiger partial charge on any atom is 0.330 e. The normalized spacial score (nSPS) is 27.6. The lowest BCUT2D eigenvalue weighted by atomic mass is 9.86. The molecule has 2 aromatic carbocycles. The van der Waals surface area contributed by atoms with Gasteiger partial charge in [-0.2, -0.15) is 0 Å². The Kier molecular flexibility index (Phi) is 9.90. The van der Waals surface area contributed by atoms with Gasteiger partial charge in [0, 0.05) is 30.6 Å². The summed E-state index contributed by atoms with van der Waals surface area (Å²) in [6, 6.07) is 13.2. The number of aliphatic carboxylic acids is 1. The van der Waals surface area contributed by atoms with Crippen LogP contribution < -0.4 is 26.6 Å². The topological polar surface area (TPSA) is 172 Å². The van der Waals surface area contributed by atoms with Crippen LogP contribution in [0.3, 0.4) is 0 Å². The van der Waals surface area contributed by atoms with Crippen molar-refractivity contribution in [3.05, 3.63) is 78.4 Å². The van der Waals surface area contributed by atoms with Crippen molar-refractivity contribution >= 4 is 42.1 Å². The minimum absolute atomic E-state index is 0.0929. The molecule has 1 heterocycles. The van der Waals surface area contributed by atoms with Crippen LogP contribution in [0.4, 0.5) is 10.5 Å². The number of hydrogen-bond donors (Lipinski definition) is 8. The van der Waals surface area contributed by atoms with Gasteiger partial charge < -0.3 is 36.4 Å². The fourth-order valence-corrected chi connectivity index (χ4v) is 6.93. The summed E-state index contributed by atoms with van der Waals surface area (Å²) in [5.74, 6) is -2.67. The molecule has 8 atom stereocenters. The molecule has 252 valence electrons. The van der Waals surface area contributed by atoms with Gasteiger partial charge in [0.1, 0.15) is 23.1 Å². The highest BCUT2D eigenvalue weighted by molar-refractivity contribution is 7.81. The second kappa shape index (κ2) is 13.6. The number of anilines is 1. The maximum atomic E-state index is 14.0. The lowest BCUT2D eigenvalue weighted by Crippen LogP contribution is -2.60. The average molecular weight is 665 g/mol. The van der Waals surface area contributed by atoms with Crippen LogP contribution in [0.1, 0.15) is 50.8 Å². The Morgan fingerprint density at radius 2 is 1.77 bits per heavy atom. The lowest BCUT2D eigenvalue weighted by molar-refractivity contribution is -0.144. The number of thiol groups is 1. The van der Waals surface area contributed by atoms with E-state index in [1.54, 1.807) is 0 Å². The number of likely N-dealkylation sites (tertiary alicyclic amines) is 1. The molecule has 2 aromatic rings. The van der Waals surface area contributed by atoms with E-state index in [0.29, 0.717) is 6.42 Å². The average Bonchev–Trinajstić information content (AvgIpc) is 3.43. The highest BCUT2D eigenvalue weighted by Gasteiger charge is 2.61. The monoisotopic (exact) mass is 664 g/mol. The zero-order valence-electron chi connectivity index (χ0n) is 26.8. The number of carboxylic acid groups (broad SMARTS) is 1. The molecule has 0 radical (unpaired) electrons. The van der Waals surface area contributed by atoms with Crippen molar-refractivity contribution in [1.29, 1.82) is 0 Å². The van der Waals surface area contributed by atoms with E-state index in [1.165, 1.54) is 11.0 Å². The van der Waals surface area contributed by atoms with Gasteiger partial charge in [-0.25, -0.2) is 9.59 Å². The summed E-state index contributed by atoms with van der Waals surface area (Å²) >= 11 is 4.61. The van der Waals surface area contributed by atoms with Crippen LogP contribution in [0.2, 0.25) is 0 Å². The predicted octanol–water partition coefficient (Wildman–Crippen LogP) is 2.39. The third kappa shape index (κ3) is 7.42. The van der Waals surface area contributed by atoms with E-state index in [9.17, 15) is 29.4 Å². The molecule has 1 saturated carbocycles. The quantitative estimate of drug-likeness (QED) is 0.103. The molecule has 5 rings (SSSR count). The van der Waals surface area contributed by atoms with E-state index in [4.69, 9.17) is 0 Å². The highest BCUT2D eigenvalue weighted by Crippen LogP contribution is 2.45. The molecule has 12 nitrogen and oxygen atoms in total. The highest BCUT2D eigenvalue weighted by atomic mass is 32.1. The third-order valence-corrected chi connectivity index (χ3v) is 9.54. The number of carbonyl (C=O) groups excluding carboxylic acids is 3. The fraction of sp³-hybridized carbons (Fsp3) is 0.471. The lowest BCUT2D eigenvalue weighted by Gasteiger charge is -2.34. The Morgan fingerprint density at radius 3 is 2.40 bits per heavy atom. The summed E-state index contributed by atoms with van der Waals surface area (Å²) in [5, 5.41) is 35.6. The second-order valence-electron chi connectivity index (χ2n) is 13.7. The number of urea groups is 1. The van der Waals surface area contributed by atoms with Gasteiger partial charge in [0.2, 0.25) is 11.8 Å². The van der Waals surface area contributed by atoms with Gasteiger partial charge in [-0.3, -0.25) is 14.9 Å². The zero-order chi connectivity index (χ0) is 34.1. The van der Waals surface area contributed by atoms with Crippen LogP contribution in [0, 0.1) is 11.3 Å². The first-order chi connectivity index (χ1) is 22.2. The van der Waals surface area contributed by atoms with E-state index < -0.39 is 76.5 Å². The molecule has 0 bridgehead atoms. The molecule has 1 aliphatic heterocycles. The fourth-order valence-electron chi connectivity index (χ4n) is 6.57. The van der Waals surface area contributed by atoms with Gasteiger partial charge in [0.25, 0.3) is 0 Å². The molecule has 0 spiro atoms. The summed E-state index contributed by atoms with van der Waals surface area (Å²) in [6.07, 6.45) is 1.49. The van der Waals surface area contributed by atoms with Crippen molar-refractivity contribution in [2.45, 2.75) is 81.3 Å². The number of nitrogens with zero attached hydrogens (tertiary/aromatic N) is 1. The summed E-state index contributed by atoms with van der Waals surface area (Å²) in [7, 11) is 0. The minimum Gasteiger partial charge on any atom is -0.479 e. The Morgan fingerprint density at radius 1 is 1.09 bits per heavy atom. The smallest absolute Gasteiger partial charge is 0.330 e. The van der Waals surface area contributed by atoms with Gasteiger partial charge >= 0.3 is 12.0 Å². The van der Waals surface area contributed by atoms with Gasteiger partial charge in [-0.15, -0.1) is 19.2 Å². The van der Waals surface area contributed by atoms with E-state index in [0.717, 1.165) is 16.8 Å². The van der Waals surface area contributed by atoms with E-state index >= 15 is 0 Å². The number of benzene rings is 2. The summed E-state index contributed by atoms with van der Waals surface area (Å²) in [6.45, 7) is 9.22. The number of carboxylic acids is 1. The molecule has 1 saturated heterocycles. The molecule has 3 aliphatic rings.